The summed E-state index contributed by atoms with van der Waals surface area (Å²) < 4.78 is 0. The van der Waals surface area contributed by atoms with Crippen molar-refractivity contribution < 1.29 is 0 Å². The molecule has 3 heteroatoms. The molecule has 8 aromatic rings. The van der Waals surface area contributed by atoms with Crippen LogP contribution in [0.5, 0.6) is 0 Å². The molecule has 0 unspecified atom stereocenters. The number of benzene rings is 6. The second-order valence-electron chi connectivity index (χ2n) is 12.8. The van der Waals surface area contributed by atoms with Gasteiger partial charge in [-0.3, -0.25) is 4.98 Å². The van der Waals surface area contributed by atoms with Crippen LogP contribution in [0, 0.1) is 0 Å². The van der Waals surface area contributed by atoms with E-state index in [0.29, 0.717) is 0 Å². The van der Waals surface area contributed by atoms with Gasteiger partial charge in [-0.1, -0.05) is 140 Å². The molecule has 0 aliphatic heterocycles. The molecule has 2 heterocycles. The van der Waals surface area contributed by atoms with Crippen LogP contribution in [0.1, 0.15) is 24.1 Å². The Morgan fingerprint density at radius 2 is 1.00 bits per heavy atom. The summed E-state index contributed by atoms with van der Waals surface area (Å²) in [5.41, 5.74) is 12.3. The van der Waals surface area contributed by atoms with E-state index in [-0.39, 0.29) is 0 Å². The number of aromatic nitrogens is 3. The Hall–Kier alpha value is -6.45. The minimum absolute atomic E-state index is 0.723. The lowest BCUT2D eigenvalue weighted by Gasteiger charge is -2.17. The fourth-order valence-electron chi connectivity index (χ4n) is 7.03. The number of hydrogen-bond acceptors (Lipinski definition) is 3. The van der Waals surface area contributed by atoms with Gasteiger partial charge in [0.25, 0.3) is 0 Å². The molecule has 0 saturated heterocycles. The molecule has 0 fully saturated rings. The highest BCUT2D eigenvalue weighted by Crippen LogP contribution is 2.36. The highest BCUT2D eigenvalue weighted by atomic mass is 14.9. The van der Waals surface area contributed by atoms with Crippen molar-refractivity contribution >= 4 is 32.7 Å². The van der Waals surface area contributed by atoms with E-state index in [1.807, 2.05) is 18.5 Å². The number of rotatable bonds is 6. The molecule has 2 aromatic heterocycles. The second-order valence-corrected chi connectivity index (χ2v) is 12.8. The molecular weight excluding hydrogens is 607 g/mol. The zero-order valence-electron chi connectivity index (χ0n) is 27.5. The Morgan fingerprint density at radius 1 is 0.380 bits per heavy atom. The van der Waals surface area contributed by atoms with Gasteiger partial charge < -0.3 is 0 Å². The second kappa shape index (κ2) is 12.9. The van der Waals surface area contributed by atoms with Gasteiger partial charge in [0.1, 0.15) is 0 Å². The molecule has 0 N–H and O–H groups in total. The fraction of sp³-hybridized carbons (Fsp3) is 0.0426. The topological polar surface area (TPSA) is 38.7 Å². The predicted molar refractivity (Wildman–Crippen MR) is 208 cm³/mol. The first kappa shape index (κ1) is 29.7. The van der Waals surface area contributed by atoms with Crippen LogP contribution in [0.15, 0.2) is 176 Å². The molecule has 236 valence electrons. The SMILES string of the molecule is C1=C(c2cc(-c3cccc(-c4ccc5ccccc5c4)c3)nc(-c3cccc(-c4ccccc4)c3)n2)CCC(c2cncc3ccccc23)=C1. The highest BCUT2D eigenvalue weighted by molar-refractivity contribution is 5.94. The molecule has 1 aliphatic rings. The van der Waals surface area contributed by atoms with Gasteiger partial charge in [0.2, 0.25) is 0 Å². The molecule has 9 rings (SSSR count). The van der Waals surface area contributed by atoms with Gasteiger partial charge in [0.15, 0.2) is 5.82 Å². The maximum Gasteiger partial charge on any atom is 0.160 e. The summed E-state index contributed by atoms with van der Waals surface area (Å²) in [6.07, 6.45) is 10.2. The van der Waals surface area contributed by atoms with Crippen molar-refractivity contribution in [1.29, 1.82) is 0 Å². The summed E-state index contributed by atoms with van der Waals surface area (Å²) >= 11 is 0. The molecule has 0 bridgehead atoms. The molecule has 0 amide bonds. The van der Waals surface area contributed by atoms with Gasteiger partial charge in [0.05, 0.1) is 11.4 Å². The molecule has 3 nitrogen and oxygen atoms in total. The zero-order chi connectivity index (χ0) is 33.3. The Labute approximate surface area is 292 Å². The Morgan fingerprint density at radius 3 is 1.84 bits per heavy atom. The lowest BCUT2D eigenvalue weighted by molar-refractivity contribution is 1.04. The first-order valence-corrected chi connectivity index (χ1v) is 17.1. The van der Waals surface area contributed by atoms with Crippen LogP contribution in [0.25, 0.3) is 77.6 Å². The van der Waals surface area contributed by atoms with E-state index in [1.165, 1.54) is 44.0 Å². The van der Waals surface area contributed by atoms with Gasteiger partial charge in [-0.2, -0.15) is 0 Å². The number of allylic oxidation sites excluding steroid dienone is 4. The van der Waals surface area contributed by atoms with E-state index in [9.17, 15) is 0 Å². The molecule has 0 radical (unpaired) electrons. The van der Waals surface area contributed by atoms with Gasteiger partial charge >= 0.3 is 0 Å². The summed E-state index contributed by atoms with van der Waals surface area (Å²) in [5, 5.41) is 4.87. The maximum atomic E-state index is 5.23. The first-order valence-electron chi connectivity index (χ1n) is 17.1. The molecule has 6 aromatic carbocycles. The standard InChI is InChI=1S/C47H33N3/c1-2-10-32(11-3-1)37-15-9-18-41(28-37)47-49-45(35-23-21-34(22-24-35)44-31-48-30-42-14-6-7-19-43(42)44)29-46(50-47)40-17-8-16-38(27-40)39-25-20-33-12-4-5-13-36(33)26-39/h1-21,23,25-31H,22,24H2. The highest BCUT2D eigenvalue weighted by Gasteiger charge is 2.17. The normalized spacial score (nSPS) is 12.9. The van der Waals surface area contributed by atoms with E-state index in [4.69, 9.17) is 9.97 Å². The summed E-state index contributed by atoms with van der Waals surface area (Å²) in [4.78, 5) is 15.0. The van der Waals surface area contributed by atoms with Crippen LogP contribution in [0.4, 0.5) is 0 Å². The van der Waals surface area contributed by atoms with Crippen molar-refractivity contribution in [3.63, 3.8) is 0 Å². The monoisotopic (exact) mass is 639 g/mol. The largest absolute Gasteiger partial charge is 0.263 e. The van der Waals surface area contributed by atoms with E-state index in [1.54, 1.807) is 0 Å². The number of pyridine rings is 1. The molecule has 50 heavy (non-hydrogen) atoms. The van der Waals surface area contributed by atoms with Crippen molar-refractivity contribution in [2.24, 2.45) is 0 Å². The Balaban J connectivity index is 1.15. The van der Waals surface area contributed by atoms with E-state index in [2.05, 4.69) is 163 Å². The van der Waals surface area contributed by atoms with Crippen molar-refractivity contribution in [2.45, 2.75) is 12.8 Å². The zero-order valence-corrected chi connectivity index (χ0v) is 27.5. The van der Waals surface area contributed by atoms with Gasteiger partial charge in [0, 0.05) is 34.5 Å². The number of hydrogen-bond donors (Lipinski definition) is 0. The number of nitrogens with zero attached hydrogens (tertiary/aromatic N) is 3. The van der Waals surface area contributed by atoms with Crippen LogP contribution in [-0.4, -0.2) is 15.0 Å². The minimum Gasteiger partial charge on any atom is -0.263 e. The molecule has 1 aliphatic carbocycles. The van der Waals surface area contributed by atoms with Crippen molar-refractivity contribution in [3.8, 4) is 44.9 Å². The maximum absolute atomic E-state index is 5.23. The van der Waals surface area contributed by atoms with E-state index in [0.717, 1.165) is 57.7 Å². The third-order valence-electron chi connectivity index (χ3n) is 9.69. The summed E-state index contributed by atoms with van der Waals surface area (Å²) in [7, 11) is 0. The molecule has 0 saturated carbocycles. The van der Waals surface area contributed by atoms with Crippen LogP contribution in [0.2, 0.25) is 0 Å². The average Bonchev–Trinajstić information content (AvgIpc) is 3.21. The molecular formula is C47H33N3. The van der Waals surface area contributed by atoms with E-state index < -0.39 is 0 Å². The Kier molecular flexibility index (Phi) is 7.64. The van der Waals surface area contributed by atoms with Gasteiger partial charge in [-0.25, -0.2) is 9.97 Å². The average molecular weight is 640 g/mol. The molecule has 0 atom stereocenters. The number of fused-ring (bicyclic) bond motifs is 2. The fourth-order valence-corrected chi connectivity index (χ4v) is 7.03. The van der Waals surface area contributed by atoms with Gasteiger partial charge in [-0.05, 0) is 86.7 Å². The summed E-state index contributed by atoms with van der Waals surface area (Å²) in [6, 6.07) is 53.6. The third kappa shape index (κ3) is 5.80. The van der Waals surface area contributed by atoms with Crippen molar-refractivity contribution in [1.82, 2.24) is 15.0 Å². The van der Waals surface area contributed by atoms with E-state index >= 15 is 0 Å². The summed E-state index contributed by atoms with van der Waals surface area (Å²) in [5.74, 6) is 0.723. The third-order valence-corrected chi connectivity index (χ3v) is 9.69. The summed E-state index contributed by atoms with van der Waals surface area (Å²) in [6.45, 7) is 0. The predicted octanol–water partition coefficient (Wildman–Crippen LogP) is 12.1. The minimum atomic E-state index is 0.723. The lowest BCUT2D eigenvalue weighted by Crippen LogP contribution is -2.01. The van der Waals surface area contributed by atoms with Crippen LogP contribution >= 0.6 is 0 Å². The molecule has 0 spiro atoms. The van der Waals surface area contributed by atoms with Crippen molar-refractivity contribution in [3.05, 3.63) is 187 Å². The van der Waals surface area contributed by atoms with Crippen molar-refractivity contribution in [2.75, 3.05) is 0 Å². The van der Waals surface area contributed by atoms with Crippen LogP contribution < -0.4 is 0 Å². The quantitative estimate of drug-likeness (QED) is 0.182. The first-order chi connectivity index (χ1) is 24.7. The Bertz CT molecular complexity index is 2590. The van der Waals surface area contributed by atoms with Crippen LogP contribution in [-0.2, 0) is 0 Å². The van der Waals surface area contributed by atoms with Crippen LogP contribution in [0.3, 0.4) is 0 Å². The van der Waals surface area contributed by atoms with Gasteiger partial charge in [-0.15, -0.1) is 0 Å². The lowest BCUT2D eigenvalue weighted by atomic mass is 9.90. The smallest absolute Gasteiger partial charge is 0.160 e.